The molecule has 1 N–H and O–H groups in total. The normalized spacial score (nSPS) is 16.4. The van der Waals surface area contributed by atoms with Gasteiger partial charge in [0.25, 0.3) is 0 Å². The van der Waals surface area contributed by atoms with Crippen LogP contribution in [-0.4, -0.2) is 39.9 Å². The monoisotopic (exact) mass is 367 g/mol. The van der Waals surface area contributed by atoms with Crippen LogP contribution in [0.5, 0.6) is 0 Å². The van der Waals surface area contributed by atoms with Crippen molar-refractivity contribution in [1.29, 1.82) is 0 Å². The number of nitrogens with one attached hydrogen (secondary N) is 1. The van der Waals surface area contributed by atoms with Crippen LogP contribution in [0.25, 0.3) is 0 Å². The predicted molar refractivity (Wildman–Crippen MR) is 99.8 cm³/mol. The van der Waals surface area contributed by atoms with Crippen molar-refractivity contribution < 1.29 is 9.59 Å². The molecule has 1 heterocycles. The lowest BCUT2D eigenvalue weighted by Gasteiger charge is -2.40. The van der Waals surface area contributed by atoms with Crippen molar-refractivity contribution in [3.63, 3.8) is 0 Å². The van der Waals surface area contributed by atoms with E-state index < -0.39 is 5.54 Å². The molecule has 1 aromatic heterocycles. The van der Waals surface area contributed by atoms with Crippen LogP contribution in [-0.2, 0) is 16.1 Å². The Balaban J connectivity index is 2.07. The third-order valence-electron chi connectivity index (χ3n) is 5.08. The summed E-state index contributed by atoms with van der Waals surface area (Å²) in [7, 11) is 0. The minimum atomic E-state index is -0.768. The zero-order valence-electron chi connectivity index (χ0n) is 15.5. The van der Waals surface area contributed by atoms with Crippen molar-refractivity contribution in [3.05, 3.63) is 20.7 Å². The van der Waals surface area contributed by atoms with E-state index in [1.807, 2.05) is 20.8 Å². The summed E-state index contributed by atoms with van der Waals surface area (Å²) >= 11 is 1.15. The second-order valence-electron chi connectivity index (χ2n) is 6.71. The van der Waals surface area contributed by atoms with Crippen molar-refractivity contribution in [3.8, 4) is 0 Å². The summed E-state index contributed by atoms with van der Waals surface area (Å²) in [4.78, 5) is 39.1. The van der Waals surface area contributed by atoms with E-state index in [9.17, 15) is 14.4 Å². The SMILES string of the molecule is CCN(CC)C(=O)C1(NC(=O)CCn2c(C)csc2=O)CCCCC1. The molecule has 2 rings (SSSR count). The molecule has 7 heteroatoms. The minimum absolute atomic E-state index is 0.0365. The van der Waals surface area contributed by atoms with Gasteiger partial charge in [-0.25, -0.2) is 0 Å². The number of hydrogen-bond acceptors (Lipinski definition) is 4. The first kappa shape index (κ1) is 19.7. The van der Waals surface area contributed by atoms with Gasteiger partial charge in [-0.1, -0.05) is 30.6 Å². The summed E-state index contributed by atoms with van der Waals surface area (Å²) in [6.45, 7) is 7.45. The van der Waals surface area contributed by atoms with E-state index in [0.29, 0.717) is 32.5 Å². The molecule has 25 heavy (non-hydrogen) atoms. The van der Waals surface area contributed by atoms with Gasteiger partial charge in [0.15, 0.2) is 0 Å². The van der Waals surface area contributed by atoms with Gasteiger partial charge in [0, 0.05) is 37.1 Å². The number of carbonyl (C=O) groups is 2. The van der Waals surface area contributed by atoms with Crippen LogP contribution in [0.15, 0.2) is 10.2 Å². The Morgan fingerprint density at radius 1 is 1.24 bits per heavy atom. The van der Waals surface area contributed by atoms with Crippen LogP contribution in [0.2, 0.25) is 0 Å². The maximum atomic E-state index is 13.0. The lowest BCUT2D eigenvalue weighted by Crippen LogP contribution is -2.60. The Kier molecular flexibility index (Phi) is 6.81. The second kappa shape index (κ2) is 8.65. The van der Waals surface area contributed by atoms with E-state index >= 15 is 0 Å². The molecule has 1 aliphatic carbocycles. The zero-order chi connectivity index (χ0) is 18.4. The Morgan fingerprint density at radius 2 is 1.88 bits per heavy atom. The number of likely N-dealkylation sites (N-methyl/N-ethyl adjacent to an activating group) is 1. The van der Waals surface area contributed by atoms with Gasteiger partial charge < -0.3 is 14.8 Å². The highest BCUT2D eigenvalue weighted by atomic mass is 32.1. The van der Waals surface area contributed by atoms with Gasteiger partial charge in [0.2, 0.25) is 11.8 Å². The number of carbonyl (C=O) groups excluding carboxylic acids is 2. The van der Waals surface area contributed by atoms with Crippen LogP contribution in [0, 0.1) is 6.92 Å². The van der Waals surface area contributed by atoms with E-state index in [0.717, 1.165) is 36.3 Å². The summed E-state index contributed by atoms with van der Waals surface area (Å²) in [6.07, 6.45) is 4.63. The summed E-state index contributed by atoms with van der Waals surface area (Å²) in [6, 6.07) is 0. The Bertz CT molecular complexity index is 655. The lowest BCUT2D eigenvalue weighted by atomic mass is 9.80. The van der Waals surface area contributed by atoms with E-state index in [2.05, 4.69) is 5.32 Å². The molecule has 1 aliphatic rings. The molecule has 0 aromatic carbocycles. The van der Waals surface area contributed by atoms with E-state index in [4.69, 9.17) is 0 Å². The maximum absolute atomic E-state index is 13.0. The standard InChI is InChI=1S/C18H29N3O3S/c1-4-20(5-2)16(23)18(10-7-6-8-11-18)19-15(22)9-12-21-14(3)13-25-17(21)24/h13H,4-12H2,1-3H3,(H,19,22). The average molecular weight is 368 g/mol. The molecule has 6 nitrogen and oxygen atoms in total. The van der Waals surface area contributed by atoms with Gasteiger partial charge in [-0.2, -0.15) is 0 Å². The summed E-state index contributed by atoms with van der Waals surface area (Å²) in [5.74, 6) is -0.116. The first-order valence-corrected chi connectivity index (χ1v) is 10.1. The molecular formula is C18H29N3O3S. The van der Waals surface area contributed by atoms with E-state index in [1.165, 1.54) is 0 Å². The van der Waals surface area contributed by atoms with Crippen molar-refractivity contribution in [2.24, 2.45) is 0 Å². The van der Waals surface area contributed by atoms with Crippen molar-refractivity contribution >= 4 is 23.2 Å². The van der Waals surface area contributed by atoms with Gasteiger partial charge in [-0.15, -0.1) is 0 Å². The third kappa shape index (κ3) is 4.51. The van der Waals surface area contributed by atoms with E-state index in [-0.39, 0.29) is 23.1 Å². The molecule has 1 fully saturated rings. The topological polar surface area (TPSA) is 71.4 Å². The number of nitrogens with zero attached hydrogens (tertiary/aromatic N) is 2. The number of aromatic nitrogens is 1. The molecule has 0 saturated heterocycles. The van der Waals surface area contributed by atoms with Crippen LogP contribution < -0.4 is 10.2 Å². The summed E-state index contributed by atoms with van der Waals surface area (Å²) in [5.41, 5.74) is 0.102. The smallest absolute Gasteiger partial charge is 0.307 e. The van der Waals surface area contributed by atoms with Crippen molar-refractivity contribution in [1.82, 2.24) is 14.8 Å². The van der Waals surface area contributed by atoms with Gasteiger partial charge in [0.05, 0.1) is 0 Å². The molecule has 1 saturated carbocycles. The van der Waals surface area contributed by atoms with Crippen molar-refractivity contribution in [2.75, 3.05) is 13.1 Å². The molecular weight excluding hydrogens is 338 g/mol. The second-order valence-corrected chi connectivity index (χ2v) is 7.53. The molecule has 140 valence electrons. The Hall–Kier alpha value is -1.63. The molecule has 0 aliphatic heterocycles. The first-order valence-electron chi connectivity index (χ1n) is 9.19. The fraction of sp³-hybridized carbons (Fsp3) is 0.722. The number of rotatable bonds is 7. The molecule has 1 aromatic rings. The Labute approximate surface area is 153 Å². The molecule has 0 unspecified atom stereocenters. The highest BCUT2D eigenvalue weighted by Crippen LogP contribution is 2.30. The van der Waals surface area contributed by atoms with Gasteiger partial charge in [-0.3, -0.25) is 14.4 Å². The van der Waals surface area contributed by atoms with Crippen LogP contribution in [0.1, 0.15) is 58.1 Å². The van der Waals surface area contributed by atoms with Crippen molar-refractivity contribution in [2.45, 2.75) is 71.4 Å². The molecule has 0 spiro atoms. The first-order chi connectivity index (χ1) is 11.9. The predicted octanol–water partition coefficient (Wildman–Crippen LogP) is 2.30. The number of aryl methyl sites for hydroxylation is 1. The summed E-state index contributed by atoms with van der Waals surface area (Å²) in [5, 5.41) is 4.84. The van der Waals surface area contributed by atoms with Crippen LogP contribution in [0.3, 0.4) is 0 Å². The highest BCUT2D eigenvalue weighted by molar-refractivity contribution is 7.07. The maximum Gasteiger partial charge on any atom is 0.307 e. The van der Waals surface area contributed by atoms with E-state index in [1.54, 1.807) is 14.8 Å². The van der Waals surface area contributed by atoms with Crippen LogP contribution in [0.4, 0.5) is 0 Å². The number of amides is 2. The Morgan fingerprint density at radius 3 is 2.40 bits per heavy atom. The van der Waals surface area contributed by atoms with Crippen LogP contribution >= 0.6 is 11.3 Å². The van der Waals surface area contributed by atoms with Gasteiger partial charge in [-0.05, 0) is 33.6 Å². The minimum Gasteiger partial charge on any atom is -0.342 e. The lowest BCUT2D eigenvalue weighted by molar-refractivity contribution is -0.143. The quantitative estimate of drug-likeness (QED) is 0.804. The number of hydrogen-bond donors (Lipinski definition) is 1. The largest absolute Gasteiger partial charge is 0.342 e. The van der Waals surface area contributed by atoms with Gasteiger partial charge >= 0.3 is 4.87 Å². The molecule has 0 atom stereocenters. The summed E-state index contributed by atoms with van der Waals surface area (Å²) < 4.78 is 1.62. The molecule has 0 radical (unpaired) electrons. The molecule has 2 amide bonds. The fourth-order valence-corrected chi connectivity index (χ4v) is 4.34. The fourth-order valence-electron chi connectivity index (χ4n) is 3.58. The average Bonchev–Trinajstić information content (AvgIpc) is 2.93. The highest BCUT2D eigenvalue weighted by Gasteiger charge is 2.42. The molecule has 0 bridgehead atoms. The number of thiazole rings is 1. The van der Waals surface area contributed by atoms with Gasteiger partial charge in [0.1, 0.15) is 5.54 Å². The zero-order valence-corrected chi connectivity index (χ0v) is 16.3. The third-order valence-corrected chi connectivity index (χ3v) is 5.97.